The lowest BCUT2D eigenvalue weighted by atomic mass is 10.3. The highest BCUT2D eigenvalue weighted by Gasteiger charge is 2.29. The van der Waals surface area contributed by atoms with E-state index in [4.69, 9.17) is 0 Å². The molecule has 0 unspecified atom stereocenters. The van der Waals surface area contributed by atoms with Crippen molar-refractivity contribution in [3.8, 4) is 0 Å². The number of nitrogens with zero attached hydrogens (tertiary/aromatic N) is 2. The highest BCUT2D eigenvalue weighted by molar-refractivity contribution is 7.86. The van der Waals surface area contributed by atoms with Crippen LogP contribution >= 0.6 is 12.4 Å². The molecule has 1 aliphatic rings. The van der Waals surface area contributed by atoms with E-state index in [-0.39, 0.29) is 18.4 Å². The molecule has 0 amide bonds. The number of rotatable bonds is 3. The topological polar surface area (TPSA) is 52.7 Å². The predicted molar refractivity (Wildman–Crippen MR) is 63.5 cm³/mol. The maximum Gasteiger partial charge on any atom is 0.281 e. The minimum absolute atomic E-state index is 0. The number of hydrogen-bond donors (Lipinski definition) is 1. The first-order valence-corrected chi connectivity index (χ1v) is 6.33. The van der Waals surface area contributed by atoms with Gasteiger partial charge in [-0.15, -0.1) is 12.4 Å². The Balaban J connectivity index is 0.00000196. The van der Waals surface area contributed by atoms with Gasteiger partial charge in [0.1, 0.15) is 0 Å². The van der Waals surface area contributed by atoms with Gasteiger partial charge < -0.3 is 5.32 Å². The van der Waals surface area contributed by atoms with Crippen molar-refractivity contribution >= 4 is 22.6 Å². The monoisotopic (exact) mass is 257 g/mol. The Morgan fingerprint density at radius 3 is 2.60 bits per heavy atom. The third kappa shape index (κ3) is 3.57. The molecule has 1 saturated heterocycles. The summed E-state index contributed by atoms with van der Waals surface area (Å²) in [6.45, 7) is 6.21. The predicted octanol–water partition coefficient (Wildman–Crippen LogP) is -0.102. The van der Waals surface area contributed by atoms with Crippen molar-refractivity contribution in [3.63, 3.8) is 0 Å². The fourth-order valence-electron chi connectivity index (χ4n) is 1.47. The van der Waals surface area contributed by atoms with E-state index in [0.29, 0.717) is 19.6 Å². The summed E-state index contributed by atoms with van der Waals surface area (Å²) >= 11 is 0. The average Bonchev–Trinajstić information content (AvgIpc) is 2.16. The van der Waals surface area contributed by atoms with E-state index >= 15 is 0 Å². The second-order valence-electron chi connectivity index (χ2n) is 3.64. The third-order valence-electron chi connectivity index (χ3n) is 2.50. The molecule has 0 saturated carbocycles. The summed E-state index contributed by atoms with van der Waals surface area (Å²) < 4.78 is 26.7. The zero-order valence-electron chi connectivity index (χ0n) is 9.43. The Labute approximate surface area is 98.4 Å². The summed E-state index contributed by atoms with van der Waals surface area (Å²) in [5.41, 5.74) is 0. The normalized spacial score (nSPS) is 23.9. The molecule has 0 aliphatic carbocycles. The smallest absolute Gasteiger partial charge is 0.281 e. The molecular weight excluding hydrogens is 238 g/mol. The standard InChI is InChI=1S/C8H19N3O2S.ClH/c1-4-10(3)14(12,13)11-6-5-9-8(2)7-11;/h8-9H,4-7H2,1-3H3;1H/t8-;/m0./s1. The molecule has 1 heterocycles. The molecule has 0 radical (unpaired) electrons. The van der Waals surface area contributed by atoms with Crippen LogP contribution in [0, 0.1) is 0 Å². The number of nitrogens with one attached hydrogen (secondary N) is 1. The van der Waals surface area contributed by atoms with Crippen LogP contribution in [0.25, 0.3) is 0 Å². The van der Waals surface area contributed by atoms with Crippen molar-refractivity contribution in [1.29, 1.82) is 0 Å². The average molecular weight is 258 g/mol. The molecule has 0 bridgehead atoms. The van der Waals surface area contributed by atoms with Crippen LogP contribution in [-0.4, -0.2) is 56.3 Å². The Morgan fingerprint density at radius 2 is 2.13 bits per heavy atom. The van der Waals surface area contributed by atoms with Crippen LogP contribution in [0.1, 0.15) is 13.8 Å². The number of piperazine rings is 1. The van der Waals surface area contributed by atoms with E-state index in [2.05, 4.69) is 5.32 Å². The zero-order valence-corrected chi connectivity index (χ0v) is 11.1. The van der Waals surface area contributed by atoms with Crippen molar-refractivity contribution in [2.75, 3.05) is 33.2 Å². The van der Waals surface area contributed by atoms with Crippen molar-refractivity contribution in [2.24, 2.45) is 0 Å². The fourth-order valence-corrected chi connectivity index (χ4v) is 2.92. The molecule has 0 aromatic rings. The Bertz CT molecular complexity index is 284. The number of hydrogen-bond acceptors (Lipinski definition) is 3. The largest absolute Gasteiger partial charge is 0.312 e. The summed E-state index contributed by atoms with van der Waals surface area (Å²) in [5, 5.41) is 3.22. The Hall–Kier alpha value is 0.120. The van der Waals surface area contributed by atoms with E-state index in [9.17, 15) is 8.42 Å². The van der Waals surface area contributed by atoms with Crippen LogP contribution < -0.4 is 5.32 Å². The van der Waals surface area contributed by atoms with Crippen LogP contribution in [0.4, 0.5) is 0 Å². The van der Waals surface area contributed by atoms with Gasteiger partial charge in [0.25, 0.3) is 10.2 Å². The summed E-state index contributed by atoms with van der Waals surface area (Å²) in [6.07, 6.45) is 0. The van der Waals surface area contributed by atoms with E-state index in [1.807, 2.05) is 13.8 Å². The van der Waals surface area contributed by atoms with Gasteiger partial charge >= 0.3 is 0 Å². The molecule has 1 rings (SSSR count). The molecule has 1 atom stereocenters. The Kier molecular flexibility index (Phi) is 6.05. The van der Waals surface area contributed by atoms with Crippen molar-refractivity contribution in [2.45, 2.75) is 19.9 Å². The summed E-state index contributed by atoms with van der Waals surface area (Å²) in [5.74, 6) is 0. The first kappa shape index (κ1) is 15.1. The van der Waals surface area contributed by atoms with Crippen molar-refractivity contribution < 1.29 is 8.42 Å². The van der Waals surface area contributed by atoms with Crippen LogP contribution in [0.2, 0.25) is 0 Å². The molecule has 5 nitrogen and oxygen atoms in total. The third-order valence-corrected chi connectivity index (χ3v) is 4.53. The van der Waals surface area contributed by atoms with Crippen LogP contribution in [-0.2, 0) is 10.2 Å². The molecule has 92 valence electrons. The van der Waals surface area contributed by atoms with Gasteiger partial charge in [0.05, 0.1) is 0 Å². The van der Waals surface area contributed by atoms with Crippen molar-refractivity contribution in [3.05, 3.63) is 0 Å². The molecule has 1 fully saturated rings. The minimum atomic E-state index is -3.22. The highest BCUT2D eigenvalue weighted by Crippen LogP contribution is 2.09. The lowest BCUT2D eigenvalue weighted by molar-refractivity contribution is 0.290. The number of halogens is 1. The van der Waals surface area contributed by atoms with E-state index in [1.54, 1.807) is 7.05 Å². The van der Waals surface area contributed by atoms with Gasteiger partial charge in [0.15, 0.2) is 0 Å². The molecule has 15 heavy (non-hydrogen) atoms. The van der Waals surface area contributed by atoms with Crippen LogP contribution in [0.3, 0.4) is 0 Å². The quantitative estimate of drug-likeness (QED) is 0.768. The SMILES string of the molecule is CCN(C)S(=O)(=O)N1CCN[C@@H](C)C1.Cl. The molecule has 0 aromatic heterocycles. The van der Waals surface area contributed by atoms with Gasteiger partial charge in [-0.1, -0.05) is 6.92 Å². The maximum atomic E-state index is 11.9. The van der Waals surface area contributed by atoms with E-state index < -0.39 is 10.2 Å². The van der Waals surface area contributed by atoms with Crippen LogP contribution in [0.5, 0.6) is 0 Å². The maximum absolute atomic E-state index is 11.9. The van der Waals surface area contributed by atoms with Gasteiger partial charge in [-0.2, -0.15) is 17.0 Å². The summed E-state index contributed by atoms with van der Waals surface area (Å²) in [4.78, 5) is 0. The zero-order chi connectivity index (χ0) is 10.8. The first-order chi connectivity index (χ1) is 6.48. The molecular formula is C8H20ClN3O2S. The van der Waals surface area contributed by atoms with E-state index in [0.717, 1.165) is 6.54 Å². The second kappa shape index (κ2) is 6.00. The summed E-state index contributed by atoms with van der Waals surface area (Å²) in [7, 11) is -1.61. The molecule has 7 heteroatoms. The lowest BCUT2D eigenvalue weighted by Crippen LogP contribution is -2.54. The fraction of sp³-hybridized carbons (Fsp3) is 1.00. The van der Waals surface area contributed by atoms with Gasteiger partial charge in [0, 0.05) is 39.3 Å². The molecule has 1 aliphatic heterocycles. The molecule has 1 N–H and O–H groups in total. The Morgan fingerprint density at radius 1 is 1.53 bits per heavy atom. The minimum Gasteiger partial charge on any atom is -0.312 e. The van der Waals surface area contributed by atoms with Crippen molar-refractivity contribution in [1.82, 2.24) is 13.9 Å². The van der Waals surface area contributed by atoms with Crippen LogP contribution in [0.15, 0.2) is 0 Å². The van der Waals surface area contributed by atoms with Gasteiger partial charge in [-0.05, 0) is 6.92 Å². The van der Waals surface area contributed by atoms with E-state index in [1.165, 1.54) is 8.61 Å². The molecule has 0 aromatic carbocycles. The summed E-state index contributed by atoms with van der Waals surface area (Å²) in [6, 6.07) is 0.240. The second-order valence-corrected chi connectivity index (χ2v) is 5.67. The van der Waals surface area contributed by atoms with Gasteiger partial charge in [-0.3, -0.25) is 0 Å². The lowest BCUT2D eigenvalue weighted by Gasteiger charge is -2.33. The van der Waals surface area contributed by atoms with Gasteiger partial charge in [-0.25, -0.2) is 0 Å². The highest BCUT2D eigenvalue weighted by atomic mass is 35.5. The molecule has 0 spiro atoms. The van der Waals surface area contributed by atoms with Gasteiger partial charge in [0.2, 0.25) is 0 Å². The first-order valence-electron chi connectivity index (χ1n) is 4.93.